The first-order chi connectivity index (χ1) is 13.1. The van der Waals surface area contributed by atoms with Crippen LogP contribution >= 0.6 is 11.6 Å². The molecule has 6 nitrogen and oxygen atoms in total. The van der Waals surface area contributed by atoms with Crippen molar-refractivity contribution in [1.29, 1.82) is 0 Å². The normalized spacial score (nSPS) is 12.4. The molecule has 0 saturated carbocycles. The van der Waals surface area contributed by atoms with Crippen LogP contribution < -0.4 is 16.0 Å². The number of carbonyl (C=O) groups excluding carboxylic acids is 1. The van der Waals surface area contributed by atoms with Crippen LogP contribution in [0.25, 0.3) is 0 Å². The van der Waals surface area contributed by atoms with E-state index in [4.69, 9.17) is 11.6 Å². The largest absolute Gasteiger partial charge is 0.365 e. The van der Waals surface area contributed by atoms with Crippen molar-refractivity contribution in [3.05, 3.63) is 70.4 Å². The van der Waals surface area contributed by atoms with Crippen LogP contribution in [-0.2, 0) is 17.8 Å². The van der Waals surface area contributed by atoms with E-state index >= 15 is 0 Å². The third kappa shape index (κ3) is 4.01. The van der Waals surface area contributed by atoms with Crippen LogP contribution in [0.4, 0.5) is 23.1 Å². The maximum Gasteiger partial charge on any atom is 0.229 e. The summed E-state index contributed by atoms with van der Waals surface area (Å²) < 4.78 is 0. The van der Waals surface area contributed by atoms with Gasteiger partial charge in [0.1, 0.15) is 5.02 Å². The van der Waals surface area contributed by atoms with Crippen molar-refractivity contribution < 1.29 is 4.79 Å². The zero-order valence-electron chi connectivity index (χ0n) is 14.7. The molecule has 0 radical (unpaired) electrons. The number of rotatable bonds is 5. The van der Waals surface area contributed by atoms with Gasteiger partial charge in [0.05, 0.1) is 12.6 Å². The summed E-state index contributed by atoms with van der Waals surface area (Å²) in [5.41, 5.74) is 4.95. The Hall–Kier alpha value is -3.12. The lowest BCUT2D eigenvalue weighted by atomic mass is 10.1. The molecule has 1 aliphatic rings. The molecule has 27 heavy (non-hydrogen) atoms. The number of amides is 1. The van der Waals surface area contributed by atoms with Crippen molar-refractivity contribution in [3.8, 4) is 0 Å². The quantitative estimate of drug-likeness (QED) is 0.616. The average Bonchev–Trinajstić information content (AvgIpc) is 3.01. The lowest BCUT2D eigenvalue weighted by Crippen LogP contribution is -2.05. The fraction of sp³-hybridized carbons (Fsp3) is 0.150. The van der Waals surface area contributed by atoms with Gasteiger partial charge in [-0.2, -0.15) is 4.98 Å². The number of hydrogen-bond acceptors (Lipinski definition) is 5. The molecule has 7 heteroatoms. The van der Waals surface area contributed by atoms with Crippen molar-refractivity contribution >= 4 is 40.6 Å². The summed E-state index contributed by atoms with van der Waals surface area (Å²) in [6.07, 6.45) is 1.98. The minimum absolute atomic E-state index is 0.00697. The maximum atomic E-state index is 11.5. The SMILES string of the molecule is Cc1cccc(CNc2nc(Nc3ccc4c(c3)NC(=O)C4)ncc2Cl)c1. The van der Waals surface area contributed by atoms with Crippen LogP contribution in [0.3, 0.4) is 0 Å². The van der Waals surface area contributed by atoms with E-state index in [9.17, 15) is 4.79 Å². The molecular formula is C20H18ClN5O. The highest BCUT2D eigenvalue weighted by Crippen LogP contribution is 2.28. The van der Waals surface area contributed by atoms with E-state index in [0.29, 0.717) is 29.8 Å². The van der Waals surface area contributed by atoms with Gasteiger partial charge >= 0.3 is 0 Å². The van der Waals surface area contributed by atoms with Crippen LogP contribution in [0, 0.1) is 6.92 Å². The van der Waals surface area contributed by atoms with Crippen molar-refractivity contribution in [1.82, 2.24) is 9.97 Å². The number of hydrogen-bond donors (Lipinski definition) is 3. The molecule has 1 amide bonds. The molecule has 4 rings (SSSR count). The zero-order chi connectivity index (χ0) is 18.8. The summed E-state index contributed by atoms with van der Waals surface area (Å²) in [7, 11) is 0. The number of fused-ring (bicyclic) bond motifs is 1. The number of halogens is 1. The number of anilines is 4. The summed E-state index contributed by atoms with van der Waals surface area (Å²) in [5, 5.41) is 9.69. The first-order valence-corrected chi connectivity index (χ1v) is 8.96. The molecule has 0 atom stereocenters. The van der Waals surface area contributed by atoms with Crippen molar-refractivity contribution in [2.75, 3.05) is 16.0 Å². The molecule has 0 spiro atoms. The zero-order valence-corrected chi connectivity index (χ0v) is 15.5. The van der Waals surface area contributed by atoms with Crippen molar-refractivity contribution in [3.63, 3.8) is 0 Å². The molecule has 0 unspecified atom stereocenters. The molecule has 136 valence electrons. The molecule has 1 aliphatic heterocycles. The first kappa shape index (κ1) is 17.3. The fourth-order valence-electron chi connectivity index (χ4n) is 2.98. The van der Waals surface area contributed by atoms with Crippen molar-refractivity contribution in [2.24, 2.45) is 0 Å². The van der Waals surface area contributed by atoms with Gasteiger partial charge in [0.25, 0.3) is 0 Å². The molecule has 1 aromatic heterocycles. The Morgan fingerprint density at radius 3 is 2.96 bits per heavy atom. The van der Waals surface area contributed by atoms with Gasteiger partial charge in [-0.25, -0.2) is 4.98 Å². The Labute approximate surface area is 162 Å². The van der Waals surface area contributed by atoms with E-state index < -0.39 is 0 Å². The van der Waals surface area contributed by atoms with E-state index in [1.165, 1.54) is 5.56 Å². The van der Waals surface area contributed by atoms with Gasteiger partial charge < -0.3 is 16.0 Å². The van der Waals surface area contributed by atoms with Crippen LogP contribution in [0.2, 0.25) is 5.02 Å². The minimum Gasteiger partial charge on any atom is -0.365 e. The second-order valence-electron chi connectivity index (χ2n) is 6.45. The summed E-state index contributed by atoms with van der Waals surface area (Å²) in [4.78, 5) is 20.2. The average molecular weight is 380 g/mol. The Morgan fingerprint density at radius 2 is 2.11 bits per heavy atom. The van der Waals surface area contributed by atoms with Gasteiger partial charge in [0.2, 0.25) is 11.9 Å². The topological polar surface area (TPSA) is 78.9 Å². The van der Waals surface area contributed by atoms with Gasteiger partial charge in [0, 0.05) is 17.9 Å². The molecule has 0 aliphatic carbocycles. The number of aromatic nitrogens is 2. The molecular weight excluding hydrogens is 362 g/mol. The predicted octanol–water partition coefficient (Wildman–Crippen LogP) is 4.29. The molecule has 0 saturated heterocycles. The molecule has 3 aromatic rings. The maximum absolute atomic E-state index is 11.5. The summed E-state index contributed by atoms with van der Waals surface area (Å²) >= 11 is 6.23. The lowest BCUT2D eigenvalue weighted by Gasteiger charge is -2.11. The third-order valence-electron chi connectivity index (χ3n) is 4.28. The van der Waals surface area contributed by atoms with Crippen LogP contribution in [0.1, 0.15) is 16.7 Å². The summed E-state index contributed by atoms with van der Waals surface area (Å²) in [5.74, 6) is 0.994. The smallest absolute Gasteiger partial charge is 0.229 e. The highest BCUT2D eigenvalue weighted by molar-refractivity contribution is 6.32. The number of benzene rings is 2. The Morgan fingerprint density at radius 1 is 1.22 bits per heavy atom. The highest BCUT2D eigenvalue weighted by Gasteiger charge is 2.17. The fourth-order valence-corrected chi connectivity index (χ4v) is 3.14. The number of nitrogens with zero attached hydrogens (tertiary/aromatic N) is 2. The van der Waals surface area contributed by atoms with Gasteiger partial charge in [0.15, 0.2) is 5.82 Å². The molecule has 3 N–H and O–H groups in total. The second-order valence-corrected chi connectivity index (χ2v) is 6.86. The van der Waals surface area contributed by atoms with E-state index in [-0.39, 0.29) is 5.91 Å². The lowest BCUT2D eigenvalue weighted by molar-refractivity contribution is -0.115. The van der Waals surface area contributed by atoms with Crippen molar-refractivity contribution in [2.45, 2.75) is 19.9 Å². The van der Waals surface area contributed by atoms with E-state index in [1.54, 1.807) is 6.20 Å². The Balaban J connectivity index is 1.49. The monoisotopic (exact) mass is 379 g/mol. The highest BCUT2D eigenvalue weighted by atomic mass is 35.5. The summed E-state index contributed by atoms with van der Waals surface area (Å²) in [6, 6.07) is 13.9. The summed E-state index contributed by atoms with van der Waals surface area (Å²) in [6.45, 7) is 2.67. The predicted molar refractivity (Wildman–Crippen MR) is 108 cm³/mol. The van der Waals surface area contributed by atoms with Gasteiger partial charge in [-0.1, -0.05) is 47.5 Å². The number of nitrogens with one attached hydrogen (secondary N) is 3. The third-order valence-corrected chi connectivity index (χ3v) is 4.55. The van der Waals surface area contributed by atoms with Gasteiger partial charge in [-0.3, -0.25) is 4.79 Å². The molecule has 2 heterocycles. The molecule has 0 bridgehead atoms. The molecule has 2 aromatic carbocycles. The van der Waals surface area contributed by atoms with Crippen LogP contribution in [0.15, 0.2) is 48.7 Å². The van der Waals surface area contributed by atoms with E-state index in [2.05, 4.69) is 45.0 Å². The van der Waals surface area contributed by atoms with Crippen LogP contribution in [0.5, 0.6) is 0 Å². The standard InChI is InChI=1S/C20H18ClN5O/c1-12-3-2-4-13(7-12)10-22-19-16(21)11-23-20(26-19)24-15-6-5-14-8-18(27)25-17(14)9-15/h2-7,9,11H,8,10H2,1H3,(H,25,27)(H2,22,23,24,26). The molecule has 0 fully saturated rings. The van der Waals surface area contributed by atoms with Gasteiger partial charge in [-0.15, -0.1) is 0 Å². The first-order valence-electron chi connectivity index (χ1n) is 8.58. The Kier molecular flexibility index (Phi) is 4.64. The Bertz CT molecular complexity index is 1020. The van der Waals surface area contributed by atoms with E-state index in [0.717, 1.165) is 22.5 Å². The number of aryl methyl sites for hydroxylation is 1. The van der Waals surface area contributed by atoms with E-state index in [1.807, 2.05) is 30.3 Å². The second kappa shape index (κ2) is 7.25. The van der Waals surface area contributed by atoms with Gasteiger partial charge in [-0.05, 0) is 30.2 Å². The minimum atomic E-state index is 0.00697. The number of carbonyl (C=O) groups is 1. The van der Waals surface area contributed by atoms with Crippen LogP contribution in [-0.4, -0.2) is 15.9 Å².